The minimum absolute atomic E-state index is 0.0468. The maximum absolute atomic E-state index is 11.3. The second-order valence-electron chi connectivity index (χ2n) is 5.17. The van der Waals surface area contributed by atoms with E-state index < -0.39 is 4.92 Å². The summed E-state index contributed by atoms with van der Waals surface area (Å²) < 4.78 is 0. The highest BCUT2D eigenvalue weighted by Crippen LogP contribution is 2.41. The molecule has 1 fully saturated rings. The van der Waals surface area contributed by atoms with Gasteiger partial charge in [-0.05, 0) is 24.7 Å². The molecule has 0 unspecified atom stereocenters. The first-order valence-electron chi connectivity index (χ1n) is 6.78. The number of nitrogens with zero attached hydrogens (tertiary/aromatic N) is 4. The van der Waals surface area contributed by atoms with Crippen molar-refractivity contribution in [2.45, 2.75) is 33.1 Å². The van der Waals surface area contributed by atoms with Crippen LogP contribution < -0.4 is 16.2 Å². The van der Waals surface area contributed by atoms with Crippen molar-refractivity contribution < 1.29 is 4.92 Å². The van der Waals surface area contributed by atoms with E-state index in [1.165, 1.54) is 6.33 Å². The Hall–Kier alpha value is -1.96. The second kappa shape index (κ2) is 5.58. The average Bonchev–Trinajstić information content (AvgIpc) is 2.91. The summed E-state index contributed by atoms with van der Waals surface area (Å²) in [5.41, 5.74) is 2.33. The molecule has 0 atom stereocenters. The summed E-state index contributed by atoms with van der Waals surface area (Å²) in [6.45, 7) is 5.87. The highest BCUT2D eigenvalue weighted by atomic mass is 16.6. The predicted octanol–water partition coefficient (Wildman–Crippen LogP) is 1.69. The van der Waals surface area contributed by atoms with Gasteiger partial charge in [0.05, 0.1) is 4.92 Å². The van der Waals surface area contributed by atoms with Gasteiger partial charge in [-0.2, -0.15) is 0 Å². The van der Waals surface area contributed by atoms with Gasteiger partial charge in [-0.1, -0.05) is 13.8 Å². The summed E-state index contributed by atoms with van der Waals surface area (Å²) in [6, 6.07) is 0. The molecule has 0 radical (unpaired) electrons. The van der Waals surface area contributed by atoms with Crippen molar-refractivity contribution in [2.75, 3.05) is 23.4 Å². The Bertz CT molecular complexity index is 503. The van der Waals surface area contributed by atoms with Gasteiger partial charge in [-0.15, -0.1) is 0 Å². The van der Waals surface area contributed by atoms with Crippen molar-refractivity contribution in [2.24, 2.45) is 11.3 Å². The fourth-order valence-corrected chi connectivity index (χ4v) is 2.82. The Morgan fingerprint density at radius 3 is 2.70 bits per heavy atom. The van der Waals surface area contributed by atoms with Crippen LogP contribution >= 0.6 is 0 Å². The number of hydrogen-bond donors (Lipinski definition) is 2. The van der Waals surface area contributed by atoms with Crippen molar-refractivity contribution in [1.29, 1.82) is 0 Å². The van der Waals surface area contributed by atoms with Crippen molar-refractivity contribution in [3.8, 4) is 0 Å². The molecular weight excluding hydrogens is 260 g/mol. The zero-order chi connectivity index (χ0) is 14.8. The summed E-state index contributed by atoms with van der Waals surface area (Å²) in [5.74, 6) is 5.69. The number of anilines is 2. The molecule has 0 amide bonds. The van der Waals surface area contributed by atoms with Crippen molar-refractivity contribution in [3.05, 3.63) is 16.4 Å². The molecular formula is C12H20N6O2. The number of nitrogens with one attached hydrogen (secondary N) is 1. The molecule has 1 aromatic rings. The number of nitrogens with two attached hydrogens (primary N) is 1. The maximum atomic E-state index is 11.3. The summed E-state index contributed by atoms with van der Waals surface area (Å²) in [7, 11) is 0. The fraction of sp³-hybridized carbons (Fsp3) is 0.667. The highest BCUT2D eigenvalue weighted by Gasteiger charge is 2.38. The lowest BCUT2D eigenvalue weighted by Crippen LogP contribution is -2.27. The molecule has 0 aromatic carbocycles. The van der Waals surface area contributed by atoms with Crippen LogP contribution in [-0.2, 0) is 0 Å². The summed E-state index contributed by atoms with van der Waals surface area (Å²) >= 11 is 0. The van der Waals surface area contributed by atoms with Crippen LogP contribution in [0.25, 0.3) is 0 Å². The Morgan fingerprint density at radius 2 is 2.20 bits per heavy atom. The number of nitrogen functional groups attached to an aromatic ring is 1. The fourth-order valence-electron chi connectivity index (χ4n) is 2.82. The molecule has 0 bridgehead atoms. The van der Waals surface area contributed by atoms with Crippen molar-refractivity contribution in [3.63, 3.8) is 0 Å². The van der Waals surface area contributed by atoms with Gasteiger partial charge in [0.2, 0.25) is 11.6 Å². The van der Waals surface area contributed by atoms with Crippen LogP contribution in [0.5, 0.6) is 0 Å². The normalized spacial score (nSPS) is 17.2. The van der Waals surface area contributed by atoms with Crippen LogP contribution in [0.1, 0.15) is 33.1 Å². The minimum atomic E-state index is -0.484. The molecule has 2 heterocycles. The molecule has 8 nitrogen and oxygen atoms in total. The first-order chi connectivity index (χ1) is 9.56. The molecule has 110 valence electrons. The molecule has 1 aliphatic heterocycles. The lowest BCUT2D eigenvalue weighted by Gasteiger charge is -2.26. The number of hydrogen-bond acceptors (Lipinski definition) is 7. The lowest BCUT2D eigenvalue weighted by molar-refractivity contribution is -0.383. The first-order valence-corrected chi connectivity index (χ1v) is 6.78. The van der Waals surface area contributed by atoms with Gasteiger partial charge in [0.1, 0.15) is 6.33 Å². The van der Waals surface area contributed by atoms with E-state index in [0.717, 1.165) is 32.4 Å². The monoisotopic (exact) mass is 280 g/mol. The molecule has 0 spiro atoms. The Kier molecular flexibility index (Phi) is 4.03. The molecule has 3 N–H and O–H groups in total. The molecule has 8 heteroatoms. The van der Waals surface area contributed by atoms with Gasteiger partial charge in [-0.25, -0.2) is 15.8 Å². The van der Waals surface area contributed by atoms with E-state index in [-0.39, 0.29) is 16.9 Å². The maximum Gasteiger partial charge on any atom is 0.354 e. The van der Waals surface area contributed by atoms with E-state index in [0.29, 0.717) is 5.82 Å². The van der Waals surface area contributed by atoms with E-state index >= 15 is 0 Å². The quantitative estimate of drug-likeness (QED) is 0.479. The molecule has 1 aromatic heterocycles. The van der Waals surface area contributed by atoms with Gasteiger partial charge in [0.15, 0.2) is 0 Å². The summed E-state index contributed by atoms with van der Waals surface area (Å²) in [5, 5.41) is 11.3. The Labute approximate surface area is 117 Å². The number of hydrazine groups is 1. The van der Waals surface area contributed by atoms with Crippen molar-refractivity contribution in [1.82, 2.24) is 9.97 Å². The van der Waals surface area contributed by atoms with E-state index in [9.17, 15) is 10.1 Å². The largest absolute Gasteiger partial charge is 0.354 e. The third-order valence-electron chi connectivity index (χ3n) is 4.36. The molecule has 20 heavy (non-hydrogen) atoms. The third kappa shape index (κ3) is 2.38. The second-order valence-corrected chi connectivity index (χ2v) is 5.17. The third-order valence-corrected chi connectivity index (χ3v) is 4.36. The molecule has 0 saturated carbocycles. The van der Waals surface area contributed by atoms with Crippen LogP contribution in [0, 0.1) is 15.5 Å². The zero-order valence-electron chi connectivity index (χ0n) is 11.8. The van der Waals surface area contributed by atoms with Gasteiger partial charge < -0.3 is 10.3 Å². The molecule has 1 aliphatic rings. The number of nitro groups is 1. The molecule has 1 saturated heterocycles. The topological polar surface area (TPSA) is 110 Å². The predicted molar refractivity (Wildman–Crippen MR) is 76.3 cm³/mol. The molecule has 0 aliphatic carbocycles. The van der Waals surface area contributed by atoms with Gasteiger partial charge >= 0.3 is 5.69 Å². The van der Waals surface area contributed by atoms with Crippen LogP contribution in [-0.4, -0.2) is 28.0 Å². The SMILES string of the molecule is CCC1(CC)CCN(c2ncnc(NN)c2[N+](=O)[O-])C1. The summed E-state index contributed by atoms with van der Waals surface area (Å²) in [4.78, 5) is 20.7. The van der Waals surface area contributed by atoms with E-state index in [1.54, 1.807) is 0 Å². The highest BCUT2D eigenvalue weighted by molar-refractivity contribution is 5.70. The lowest BCUT2D eigenvalue weighted by atomic mass is 9.82. The standard InChI is InChI=1S/C12H20N6O2/c1-3-12(4-2)5-6-17(7-12)11-9(18(19)20)10(16-13)14-8-15-11/h8H,3-7,13H2,1-2H3,(H,14,15,16). The average molecular weight is 280 g/mol. The number of rotatable bonds is 5. The number of aromatic nitrogens is 2. The van der Waals surface area contributed by atoms with E-state index in [4.69, 9.17) is 5.84 Å². The first kappa shape index (κ1) is 14.4. The van der Waals surface area contributed by atoms with Gasteiger partial charge in [0, 0.05) is 13.1 Å². The Balaban J connectivity index is 2.37. The van der Waals surface area contributed by atoms with E-state index in [2.05, 4.69) is 29.2 Å². The van der Waals surface area contributed by atoms with Crippen LogP contribution in [0.15, 0.2) is 6.33 Å². The zero-order valence-corrected chi connectivity index (χ0v) is 11.8. The van der Waals surface area contributed by atoms with Crippen molar-refractivity contribution >= 4 is 17.3 Å². The Morgan fingerprint density at radius 1 is 1.50 bits per heavy atom. The van der Waals surface area contributed by atoms with Crippen LogP contribution in [0.4, 0.5) is 17.3 Å². The van der Waals surface area contributed by atoms with Crippen LogP contribution in [0.3, 0.4) is 0 Å². The summed E-state index contributed by atoms with van der Waals surface area (Å²) in [6.07, 6.45) is 4.43. The molecule has 2 rings (SSSR count). The van der Waals surface area contributed by atoms with Gasteiger partial charge in [-0.3, -0.25) is 10.1 Å². The van der Waals surface area contributed by atoms with Crippen LogP contribution in [0.2, 0.25) is 0 Å². The smallest absolute Gasteiger partial charge is 0.350 e. The van der Waals surface area contributed by atoms with E-state index in [1.807, 2.05) is 4.90 Å². The van der Waals surface area contributed by atoms with Gasteiger partial charge in [0.25, 0.3) is 0 Å². The minimum Gasteiger partial charge on any atom is -0.350 e.